The van der Waals surface area contributed by atoms with Crippen LogP contribution in [0.3, 0.4) is 0 Å². The Morgan fingerprint density at radius 3 is 1.25 bits per heavy atom. The number of hydrogen-bond donors (Lipinski definition) is 0. The van der Waals surface area contributed by atoms with E-state index in [0.29, 0.717) is 5.56 Å². The van der Waals surface area contributed by atoms with E-state index in [9.17, 15) is 0 Å². The molecule has 0 fully saturated rings. The second-order valence-corrected chi connectivity index (χ2v) is 7.73. The standard InChI is InChI=1S/C30H23FN/c31-30(26-19-11-4-12-20-26)32-28(24-15-7-2-8-16-24)21-27(23-13-5-1-6-14-23)22-29(32)25-17-9-3-10-18-25/h1-22,30H/q+1. The fourth-order valence-corrected chi connectivity index (χ4v) is 4.07. The molecule has 0 spiro atoms. The van der Waals surface area contributed by atoms with Gasteiger partial charge in [-0.15, -0.1) is 0 Å². The Bertz CT molecular complexity index is 1240. The molecular weight excluding hydrogens is 393 g/mol. The van der Waals surface area contributed by atoms with E-state index in [2.05, 4.69) is 24.3 Å². The maximum absolute atomic E-state index is 16.3. The minimum absolute atomic E-state index is 0.624. The predicted octanol–water partition coefficient (Wildman–Crippen LogP) is 7.49. The molecule has 4 aromatic carbocycles. The molecule has 0 radical (unpaired) electrons. The second kappa shape index (κ2) is 8.99. The Hall–Kier alpha value is -4.04. The maximum Gasteiger partial charge on any atom is 0.326 e. The number of benzene rings is 4. The van der Waals surface area contributed by atoms with Gasteiger partial charge in [-0.2, -0.15) is 8.96 Å². The molecule has 0 aliphatic rings. The van der Waals surface area contributed by atoms with Gasteiger partial charge in [0.15, 0.2) is 0 Å². The first-order chi connectivity index (χ1) is 15.8. The van der Waals surface area contributed by atoms with E-state index in [1.807, 2.05) is 114 Å². The SMILES string of the molecule is FC(c1ccccc1)[n+]1c(-c2ccccc2)cc(-c2ccccc2)cc1-c1ccccc1. The molecule has 1 unspecified atom stereocenters. The van der Waals surface area contributed by atoms with E-state index in [1.54, 1.807) is 0 Å². The first-order valence-electron chi connectivity index (χ1n) is 10.8. The highest BCUT2D eigenvalue weighted by molar-refractivity contribution is 5.73. The van der Waals surface area contributed by atoms with Crippen LogP contribution in [0.5, 0.6) is 0 Å². The summed E-state index contributed by atoms with van der Waals surface area (Å²) in [4.78, 5) is 0. The van der Waals surface area contributed by atoms with E-state index in [4.69, 9.17) is 0 Å². The molecule has 0 saturated carbocycles. The van der Waals surface area contributed by atoms with Gasteiger partial charge in [-0.05, 0) is 47.5 Å². The zero-order valence-electron chi connectivity index (χ0n) is 17.6. The molecule has 1 atom stereocenters. The van der Waals surface area contributed by atoms with Crippen LogP contribution in [-0.4, -0.2) is 0 Å². The molecule has 0 aliphatic carbocycles. The topological polar surface area (TPSA) is 3.88 Å². The van der Waals surface area contributed by atoms with Crippen molar-refractivity contribution in [2.45, 2.75) is 6.30 Å². The molecule has 32 heavy (non-hydrogen) atoms. The Labute approximate surface area is 188 Å². The van der Waals surface area contributed by atoms with Gasteiger partial charge in [0.1, 0.15) is 0 Å². The Morgan fingerprint density at radius 2 is 0.812 bits per heavy atom. The van der Waals surface area contributed by atoms with Gasteiger partial charge in [0.25, 0.3) is 0 Å². The fourth-order valence-electron chi connectivity index (χ4n) is 4.07. The largest absolute Gasteiger partial charge is 0.326 e. The first kappa shape index (κ1) is 19.9. The molecule has 5 aromatic rings. The van der Waals surface area contributed by atoms with Crippen molar-refractivity contribution in [1.29, 1.82) is 0 Å². The van der Waals surface area contributed by atoms with Crippen LogP contribution in [0.25, 0.3) is 33.6 Å². The average molecular weight is 417 g/mol. The van der Waals surface area contributed by atoms with Crippen molar-refractivity contribution in [2.75, 3.05) is 0 Å². The number of pyridine rings is 1. The molecule has 0 aliphatic heterocycles. The van der Waals surface area contributed by atoms with Crippen molar-refractivity contribution in [3.05, 3.63) is 139 Å². The summed E-state index contributed by atoms with van der Waals surface area (Å²) in [6, 6.07) is 43.9. The summed E-state index contributed by atoms with van der Waals surface area (Å²) in [5, 5.41) is 0. The van der Waals surface area contributed by atoms with Crippen molar-refractivity contribution in [3.63, 3.8) is 0 Å². The van der Waals surface area contributed by atoms with Gasteiger partial charge in [0.2, 0.25) is 11.4 Å². The number of aromatic nitrogens is 1. The van der Waals surface area contributed by atoms with E-state index >= 15 is 4.39 Å². The van der Waals surface area contributed by atoms with E-state index in [-0.39, 0.29) is 0 Å². The summed E-state index contributed by atoms with van der Waals surface area (Å²) in [7, 11) is 0. The Balaban J connectivity index is 1.84. The summed E-state index contributed by atoms with van der Waals surface area (Å²) in [5.74, 6) is 0. The molecule has 0 N–H and O–H groups in total. The smallest absolute Gasteiger partial charge is 0.170 e. The van der Waals surface area contributed by atoms with Crippen molar-refractivity contribution < 1.29 is 8.96 Å². The molecule has 0 saturated heterocycles. The number of nitrogens with zero attached hydrogens (tertiary/aromatic N) is 1. The molecule has 1 heterocycles. The Morgan fingerprint density at radius 1 is 0.438 bits per heavy atom. The van der Waals surface area contributed by atoms with Gasteiger partial charge in [-0.3, -0.25) is 0 Å². The van der Waals surface area contributed by atoms with Crippen LogP contribution < -0.4 is 4.57 Å². The predicted molar refractivity (Wildman–Crippen MR) is 129 cm³/mol. The first-order valence-corrected chi connectivity index (χ1v) is 10.8. The highest BCUT2D eigenvalue weighted by Gasteiger charge is 2.31. The summed E-state index contributed by atoms with van der Waals surface area (Å²) < 4.78 is 18.1. The monoisotopic (exact) mass is 416 g/mol. The van der Waals surface area contributed by atoms with Crippen LogP contribution in [0.1, 0.15) is 11.9 Å². The van der Waals surface area contributed by atoms with Crippen molar-refractivity contribution >= 4 is 0 Å². The lowest BCUT2D eigenvalue weighted by Gasteiger charge is -2.15. The summed E-state index contributed by atoms with van der Waals surface area (Å²) in [6.07, 6.45) is -1.33. The summed E-state index contributed by atoms with van der Waals surface area (Å²) in [5.41, 5.74) is 6.40. The molecule has 5 rings (SSSR count). The van der Waals surface area contributed by atoms with Crippen LogP contribution in [-0.2, 0) is 0 Å². The van der Waals surface area contributed by atoms with E-state index in [0.717, 1.165) is 33.6 Å². The van der Waals surface area contributed by atoms with Crippen LogP contribution >= 0.6 is 0 Å². The molecule has 0 bridgehead atoms. The van der Waals surface area contributed by atoms with Crippen molar-refractivity contribution in [3.8, 4) is 33.6 Å². The molecule has 0 amide bonds. The number of halogens is 1. The van der Waals surface area contributed by atoms with Gasteiger partial charge >= 0.3 is 6.30 Å². The number of hydrogen-bond acceptors (Lipinski definition) is 0. The number of rotatable bonds is 5. The third-order valence-corrected chi connectivity index (χ3v) is 5.65. The van der Waals surface area contributed by atoms with Gasteiger partial charge in [-0.1, -0.05) is 84.9 Å². The minimum atomic E-state index is -1.33. The molecule has 2 heteroatoms. The van der Waals surface area contributed by atoms with Crippen LogP contribution in [0.4, 0.5) is 4.39 Å². The third-order valence-electron chi connectivity index (χ3n) is 5.65. The number of alkyl halides is 1. The second-order valence-electron chi connectivity index (χ2n) is 7.73. The van der Waals surface area contributed by atoms with Gasteiger partial charge in [0, 0.05) is 23.3 Å². The highest BCUT2D eigenvalue weighted by Crippen LogP contribution is 2.31. The Kier molecular flexibility index (Phi) is 5.59. The van der Waals surface area contributed by atoms with Gasteiger partial charge in [0.05, 0.1) is 5.56 Å². The quantitative estimate of drug-likeness (QED) is 0.261. The third kappa shape index (κ3) is 3.95. The average Bonchev–Trinajstić information content (AvgIpc) is 2.89. The molecule has 1 aromatic heterocycles. The highest BCUT2D eigenvalue weighted by atomic mass is 19.1. The lowest BCUT2D eigenvalue weighted by molar-refractivity contribution is -0.717. The summed E-state index contributed by atoms with van der Waals surface area (Å²) >= 11 is 0. The molecule has 154 valence electrons. The van der Waals surface area contributed by atoms with Crippen LogP contribution in [0, 0.1) is 0 Å². The van der Waals surface area contributed by atoms with Crippen molar-refractivity contribution in [1.82, 2.24) is 0 Å². The van der Waals surface area contributed by atoms with Gasteiger partial charge < -0.3 is 0 Å². The fraction of sp³-hybridized carbons (Fsp3) is 0.0333. The van der Waals surface area contributed by atoms with Crippen molar-refractivity contribution in [2.24, 2.45) is 0 Å². The maximum atomic E-state index is 16.3. The zero-order chi connectivity index (χ0) is 21.8. The lowest BCUT2D eigenvalue weighted by Crippen LogP contribution is -2.42. The molecular formula is C30H23FN+. The van der Waals surface area contributed by atoms with Crippen LogP contribution in [0.15, 0.2) is 133 Å². The van der Waals surface area contributed by atoms with E-state index < -0.39 is 6.30 Å². The van der Waals surface area contributed by atoms with Crippen LogP contribution in [0.2, 0.25) is 0 Å². The summed E-state index contributed by atoms with van der Waals surface area (Å²) in [6.45, 7) is 0. The minimum Gasteiger partial charge on any atom is -0.170 e. The zero-order valence-corrected chi connectivity index (χ0v) is 17.6. The van der Waals surface area contributed by atoms with Gasteiger partial charge in [-0.25, -0.2) is 0 Å². The molecule has 1 nitrogen and oxygen atoms in total. The van der Waals surface area contributed by atoms with E-state index in [1.165, 1.54) is 0 Å². The normalized spacial score (nSPS) is 11.8. The lowest BCUT2D eigenvalue weighted by atomic mass is 9.98.